The standard InChI is InChI=1S/C19H27F3O/c1-4-5-8-17(23)9-6-7-14(2)12-15-10-11-16(13-18(15)20)19(3,21)22/h10,13,16H,2,4-9,11-12H2,1,3H3. The first-order chi connectivity index (χ1) is 10.7. The Labute approximate surface area is 137 Å². The van der Waals surface area contributed by atoms with Crippen LogP contribution in [0.25, 0.3) is 0 Å². The maximum atomic E-state index is 13.9. The van der Waals surface area contributed by atoms with Gasteiger partial charge in [0.1, 0.15) is 11.6 Å². The second kappa shape index (κ2) is 9.09. The summed E-state index contributed by atoms with van der Waals surface area (Å²) in [7, 11) is 0. The molecule has 0 radical (unpaired) electrons. The molecule has 1 nitrogen and oxygen atoms in total. The van der Waals surface area contributed by atoms with Gasteiger partial charge in [-0.15, -0.1) is 0 Å². The zero-order valence-corrected chi connectivity index (χ0v) is 14.1. The molecule has 0 aromatic rings. The first kappa shape index (κ1) is 19.7. The van der Waals surface area contributed by atoms with Gasteiger partial charge in [0, 0.05) is 18.8 Å². The fourth-order valence-corrected chi connectivity index (χ4v) is 2.62. The number of allylic oxidation sites excluding steroid dienone is 5. The summed E-state index contributed by atoms with van der Waals surface area (Å²) >= 11 is 0. The van der Waals surface area contributed by atoms with Gasteiger partial charge < -0.3 is 0 Å². The van der Waals surface area contributed by atoms with Crippen LogP contribution in [0.5, 0.6) is 0 Å². The molecule has 0 saturated heterocycles. The van der Waals surface area contributed by atoms with Gasteiger partial charge >= 0.3 is 0 Å². The van der Waals surface area contributed by atoms with Crippen molar-refractivity contribution in [3.8, 4) is 0 Å². The van der Waals surface area contributed by atoms with Gasteiger partial charge in [-0.1, -0.05) is 31.6 Å². The molecule has 0 amide bonds. The van der Waals surface area contributed by atoms with Crippen LogP contribution in [0.2, 0.25) is 0 Å². The molecule has 1 unspecified atom stereocenters. The Morgan fingerprint density at radius 3 is 2.52 bits per heavy atom. The van der Waals surface area contributed by atoms with E-state index in [4.69, 9.17) is 0 Å². The van der Waals surface area contributed by atoms with E-state index in [2.05, 4.69) is 6.58 Å². The summed E-state index contributed by atoms with van der Waals surface area (Å²) in [6, 6.07) is 0. The second-order valence-electron chi connectivity index (χ2n) is 6.47. The van der Waals surface area contributed by atoms with E-state index in [1.165, 1.54) is 0 Å². The average Bonchev–Trinajstić information content (AvgIpc) is 2.46. The van der Waals surface area contributed by atoms with Crippen molar-refractivity contribution in [3.05, 3.63) is 35.7 Å². The quantitative estimate of drug-likeness (QED) is 0.429. The van der Waals surface area contributed by atoms with Crippen LogP contribution >= 0.6 is 0 Å². The molecule has 0 heterocycles. The smallest absolute Gasteiger partial charge is 0.251 e. The van der Waals surface area contributed by atoms with Crippen LogP contribution < -0.4 is 0 Å². The molecule has 0 bridgehead atoms. The van der Waals surface area contributed by atoms with Gasteiger partial charge in [-0.25, -0.2) is 13.2 Å². The number of hydrogen-bond acceptors (Lipinski definition) is 1. The number of alkyl halides is 2. The lowest BCUT2D eigenvalue weighted by molar-refractivity contribution is -0.119. The Bertz CT molecular complexity index is 483. The van der Waals surface area contributed by atoms with E-state index >= 15 is 0 Å². The van der Waals surface area contributed by atoms with Gasteiger partial charge in [-0.05, 0) is 50.7 Å². The predicted molar refractivity (Wildman–Crippen MR) is 88.1 cm³/mol. The lowest BCUT2D eigenvalue weighted by Gasteiger charge is -2.23. The van der Waals surface area contributed by atoms with E-state index in [-0.39, 0.29) is 12.2 Å². The van der Waals surface area contributed by atoms with Crippen molar-refractivity contribution in [3.63, 3.8) is 0 Å². The molecule has 1 aliphatic rings. The molecular weight excluding hydrogens is 301 g/mol. The number of carbonyl (C=O) groups is 1. The molecule has 0 aliphatic heterocycles. The minimum atomic E-state index is -2.91. The van der Waals surface area contributed by atoms with Crippen molar-refractivity contribution in [2.24, 2.45) is 5.92 Å². The number of ketones is 1. The highest BCUT2D eigenvalue weighted by molar-refractivity contribution is 5.78. The van der Waals surface area contributed by atoms with Crippen molar-refractivity contribution < 1.29 is 18.0 Å². The van der Waals surface area contributed by atoms with E-state index in [1.807, 2.05) is 6.92 Å². The zero-order valence-electron chi connectivity index (χ0n) is 14.1. The third kappa shape index (κ3) is 7.19. The van der Waals surface area contributed by atoms with Crippen molar-refractivity contribution in [2.45, 2.75) is 71.1 Å². The molecule has 0 aromatic carbocycles. The summed E-state index contributed by atoms with van der Waals surface area (Å²) in [5, 5.41) is 0. The molecule has 23 heavy (non-hydrogen) atoms. The minimum Gasteiger partial charge on any atom is -0.300 e. The third-order valence-electron chi connectivity index (χ3n) is 4.16. The van der Waals surface area contributed by atoms with Crippen molar-refractivity contribution in [1.82, 2.24) is 0 Å². The van der Waals surface area contributed by atoms with E-state index in [0.29, 0.717) is 31.3 Å². The second-order valence-corrected chi connectivity index (χ2v) is 6.47. The first-order valence-electron chi connectivity index (χ1n) is 8.37. The molecule has 0 N–H and O–H groups in total. The number of unbranched alkanes of at least 4 members (excludes halogenated alkanes) is 1. The summed E-state index contributed by atoms with van der Waals surface area (Å²) in [6.45, 7) is 6.78. The van der Waals surface area contributed by atoms with Crippen LogP contribution in [-0.2, 0) is 4.79 Å². The van der Waals surface area contributed by atoms with Crippen LogP contribution in [0.3, 0.4) is 0 Å². The fraction of sp³-hybridized carbons (Fsp3) is 0.632. The Kier molecular flexibility index (Phi) is 7.80. The van der Waals surface area contributed by atoms with E-state index in [0.717, 1.165) is 37.8 Å². The molecule has 130 valence electrons. The third-order valence-corrected chi connectivity index (χ3v) is 4.16. The Morgan fingerprint density at radius 2 is 1.96 bits per heavy atom. The van der Waals surface area contributed by atoms with Crippen LogP contribution in [0, 0.1) is 5.92 Å². The van der Waals surface area contributed by atoms with Crippen LogP contribution in [-0.4, -0.2) is 11.7 Å². The van der Waals surface area contributed by atoms with Gasteiger partial charge in [0.05, 0.1) is 0 Å². The summed E-state index contributed by atoms with van der Waals surface area (Å²) < 4.78 is 40.4. The number of Topliss-reactive ketones (excluding diaryl/α,β-unsaturated/α-hetero) is 1. The average molecular weight is 328 g/mol. The summed E-state index contributed by atoms with van der Waals surface area (Å²) in [5.74, 6) is -4.29. The van der Waals surface area contributed by atoms with Crippen molar-refractivity contribution >= 4 is 5.78 Å². The lowest BCUT2D eigenvalue weighted by Crippen LogP contribution is -2.24. The molecule has 4 heteroatoms. The molecule has 1 rings (SSSR count). The van der Waals surface area contributed by atoms with Gasteiger partial charge in [-0.2, -0.15) is 0 Å². The van der Waals surface area contributed by atoms with E-state index < -0.39 is 17.7 Å². The molecule has 0 saturated carbocycles. The van der Waals surface area contributed by atoms with Crippen LogP contribution in [0.15, 0.2) is 35.7 Å². The van der Waals surface area contributed by atoms with Gasteiger partial charge in [0.15, 0.2) is 0 Å². The minimum absolute atomic E-state index is 0.148. The van der Waals surface area contributed by atoms with E-state index in [1.54, 1.807) is 6.08 Å². The zero-order chi connectivity index (χ0) is 17.5. The molecule has 0 aromatic heterocycles. The van der Waals surface area contributed by atoms with Gasteiger partial charge in [0.25, 0.3) is 5.92 Å². The Morgan fingerprint density at radius 1 is 1.30 bits per heavy atom. The monoisotopic (exact) mass is 328 g/mol. The highest BCUT2D eigenvalue weighted by atomic mass is 19.3. The largest absolute Gasteiger partial charge is 0.300 e. The number of halogens is 3. The molecule has 1 atom stereocenters. The van der Waals surface area contributed by atoms with Gasteiger partial charge in [-0.3, -0.25) is 4.79 Å². The predicted octanol–water partition coefficient (Wildman–Crippen LogP) is 6.32. The molecule has 0 fully saturated rings. The van der Waals surface area contributed by atoms with Crippen molar-refractivity contribution in [2.75, 3.05) is 0 Å². The molecular formula is C19H27F3O. The number of hydrogen-bond donors (Lipinski definition) is 0. The summed E-state index contributed by atoms with van der Waals surface area (Å²) in [5.41, 5.74) is 1.28. The SMILES string of the molecule is C=C(CCCC(=O)CCCC)CC1=CCC(C(C)(F)F)C=C1F. The topological polar surface area (TPSA) is 17.1 Å². The number of carbonyl (C=O) groups excluding carboxylic acids is 1. The highest BCUT2D eigenvalue weighted by Crippen LogP contribution is 2.36. The first-order valence-corrected chi connectivity index (χ1v) is 8.37. The maximum absolute atomic E-state index is 13.9. The Balaban J connectivity index is 2.37. The summed E-state index contributed by atoms with van der Waals surface area (Å²) in [6.07, 6.45) is 7.54. The van der Waals surface area contributed by atoms with E-state index in [9.17, 15) is 18.0 Å². The van der Waals surface area contributed by atoms with Crippen LogP contribution in [0.4, 0.5) is 13.2 Å². The fourth-order valence-electron chi connectivity index (χ4n) is 2.62. The lowest BCUT2D eigenvalue weighted by atomic mass is 9.88. The highest BCUT2D eigenvalue weighted by Gasteiger charge is 2.34. The van der Waals surface area contributed by atoms with Gasteiger partial charge in [0.2, 0.25) is 0 Å². The summed E-state index contributed by atoms with van der Waals surface area (Å²) in [4.78, 5) is 11.6. The Hall–Kier alpha value is -1.32. The molecule has 1 aliphatic carbocycles. The number of rotatable bonds is 10. The normalized spacial score (nSPS) is 18.4. The van der Waals surface area contributed by atoms with Crippen LogP contribution in [0.1, 0.15) is 65.2 Å². The van der Waals surface area contributed by atoms with Crippen molar-refractivity contribution in [1.29, 1.82) is 0 Å². The molecule has 0 spiro atoms. The maximum Gasteiger partial charge on any atom is 0.251 e.